The van der Waals surface area contributed by atoms with Crippen LogP contribution < -0.4 is 0 Å². The maximum atomic E-state index is 5.87. The van der Waals surface area contributed by atoms with Crippen LogP contribution in [0.2, 0.25) is 0 Å². The Hall–Kier alpha value is -0.930. The smallest absolute Gasteiger partial charge is 0.0892 e. The SMILES string of the molecule is CC1CN(C)C[C@@H]1OCc1ccccn1. The van der Waals surface area contributed by atoms with Crippen molar-refractivity contribution in [2.24, 2.45) is 5.92 Å². The van der Waals surface area contributed by atoms with Crippen molar-refractivity contribution < 1.29 is 4.74 Å². The van der Waals surface area contributed by atoms with Crippen molar-refractivity contribution in [2.45, 2.75) is 19.6 Å². The fourth-order valence-corrected chi connectivity index (χ4v) is 2.06. The van der Waals surface area contributed by atoms with Crippen LogP contribution in [0.5, 0.6) is 0 Å². The molecule has 0 saturated carbocycles. The Kier molecular flexibility index (Phi) is 3.34. The third-order valence-electron chi connectivity index (χ3n) is 2.90. The molecule has 0 bridgehead atoms. The Morgan fingerprint density at radius 1 is 1.47 bits per heavy atom. The van der Waals surface area contributed by atoms with Crippen LogP contribution in [0.3, 0.4) is 0 Å². The first-order valence-corrected chi connectivity index (χ1v) is 5.46. The summed E-state index contributed by atoms with van der Waals surface area (Å²) in [5, 5.41) is 0. The van der Waals surface area contributed by atoms with Crippen LogP contribution in [0.15, 0.2) is 24.4 Å². The summed E-state index contributed by atoms with van der Waals surface area (Å²) in [7, 11) is 2.14. The molecule has 0 amide bonds. The number of hydrogen-bond acceptors (Lipinski definition) is 3. The van der Waals surface area contributed by atoms with Crippen molar-refractivity contribution in [3.8, 4) is 0 Å². The summed E-state index contributed by atoms with van der Waals surface area (Å²) >= 11 is 0. The van der Waals surface area contributed by atoms with Gasteiger partial charge >= 0.3 is 0 Å². The van der Waals surface area contributed by atoms with Crippen LogP contribution >= 0.6 is 0 Å². The van der Waals surface area contributed by atoms with E-state index in [1.54, 1.807) is 0 Å². The van der Waals surface area contributed by atoms with Crippen LogP contribution in [0.4, 0.5) is 0 Å². The van der Waals surface area contributed by atoms with E-state index in [0.717, 1.165) is 18.8 Å². The molecule has 0 radical (unpaired) electrons. The molecule has 2 atom stereocenters. The molecule has 0 aromatic carbocycles. The van der Waals surface area contributed by atoms with E-state index in [1.165, 1.54) is 0 Å². The molecule has 3 nitrogen and oxygen atoms in total. The molecule has 3 heteroatoms. The van der Waals surface area contributed by atoms with Gasteiger partial charge in [-0.3, -0.25) is 4.98 Å². The van der Waals surface area contributed by atoms with E-state index in [1.807, 2.05) is 24.4 Å². The quantitative estimate of drug-likeness (QED) is 0.750. The highest BCUT2D eigenvalue weighted by atomic mass is 16.5. The fraction of sp³-hybridized carbons (Fsp3) is 0.583. The van der Waals surface area contributed by atoms with E-state index in [4.69, 9.17) is 4.74 Å². The van der Waals surface area contributed by atoms with Gasteiger partial charge in [-0.25, -0.2) is 0 Å². The third kappa shape index (κ3) is 2.76. The minimum atomic E-state index is 0.358. The molecule has 1 saturated heterocycles. The van der Waals surface area contributed by atoms with E-state index in [0.29, 0.717) is 18.6 Å². The van der Waals surface area contributed by atoms with Crippen LogP contribution in [0.25, 0.3) is 0 Å². The monoisotopic (exact) mass is 206 g/mol. The largest absolute Gasteiger partial charge is 0.370 e. The normalized spacial score (nSPS) is 27.1. The Balaban J connectivity index is 1.84. The molecule has 0 N–H and O–H groups in total. The van der Waals surface area contributed by atoms with E-state index in [2.05, 4.69) is 23.9 Å². The second-order valence-electron chi connectivity index (χ2n) is 4.37. The first-order chi connectivity index (χ1) is 7.25. The molecule has 2 heterocycles. The minimum Gasteiger partial charge on any atom is -0.370 e. The number of rotatable bonds is 3. The van der Waals surface area contributed by atoms with Gasteiger partial charge in [0.05, 0.1) is 18.4 Å². The van der Waals surface area contributed by atoms with E-state index < -0.39 is 0 Å². The lowest BCUT2D eigenvalue weighted by Gasteiger charge is -2.14. The Bertz CT molecular complexity index is 302. The van der Waals surface area contributed by atoms with Crippen molar-refractivity contribution in [1.29, 1.82) is 0 Å². The van der Waals surface area contributed by atoms with E-state index in [-0.39, 0.29) is 0 Å². The molecule has 1 unspecified atom stereocenters. The van der Waals surface area contributed by atoms with Gasteiger partial charge in [0.15, 0.2) is 0 Å². The summed E-state index contributed by atoms with van der Waals surface area (Å²) < 4.78 is 5.87. The zero-order chi connectivity index (χ0) is 10.7. The Morgan fingerprint density at radius 3 is 2.93 bits per heavy atom. The van der Waals surface area contributed by atoms with Gasteiger partial charge in [0, 0.05) is 19.3 Å². The lowest BCUT2D eigenvalue weighted by molar-refractivity contribution is 0.0254. The Labute approximate surface area is 91.1 Å². The molecule has 1 aromatic rings. The fourth-order valence-electron chi connectivity index (χ4n) is 2.06. The zero-order valence-corrected chi connectivity index (χ0v) is 9.39. The van der Waals surface area contributed by atoms with Gasteiger partial charge in [0.2, 0.25) is 0 Å². The molecule has 15 heavy (non-hydrogen) atoms. The Morgan fingerprint density at radius 2 is 2.33 bits per heavy atom. The van der Waals surface area contributed by atoms with Gasteiger partial charge in [-0.05, 0) is 25.1 Å². The van der Waals surface area contributed by atoms with Crippen LogP contribution in [-0.2, 0) is 11.3 Å². The van der Waals surface area contributed by atoms with Crippen molar-refractivity contribution in [1.82, 2.24) is 9.88 Å². The van der Waals surface area contributed by atoms with Crippen LogP contribution in [0.1, 0.15) is 12.6 Å². The maximum Gasteiger partial charge on any atom is 0.0892 e. The maximum absolute atomic E-state index is 5.87. The molecule has 1 aliphatic rings. The van der Waals surface area contributed by atoms with Crippen molar-refractivity contribution in [2.75, 3.05) is 20.1 Å². The van der Waals surface area contributed by atoms with Crippen molar-refractivity contribution in [3.63, 3.8) is 0 Å². The average Bonchev–Trinajstić information content (AvgIpc) is 2.56. The average molecular weight is 206 g/mol. The number of pyridine rings is 1. The van der Waals surface area contributed by atoms with Gasteiger partial charge in [-0.15, -0.1) is 0 Å². The summed E-state index contributed by atoms with van der Waals surface area (Å²) in [5.74, 6) is 0.624. The molecular formula is C12H18N2O. The predicted molar refractivity (Wildman–Crippen MR) is 59.5 cm³/mol. The summed E-state index contributed by atoms with van der Waals surface area (Å²) in [6, 6.07) is 5.93. The van der Waals surface area contributed by atoms with Gasteiger partial charge in [-0.1, -0.05) is 13.0 Å². The molecule has 0 aliphatic carbocycles. The zero-order valence-electron chi connectivity index (χ0n) is 9.39. The van der Waals surface area contributed by atoms with E-state index >= 15 is 0 Å². The lowest BCUT2D eigenvalue weighted by atomic mass is 10.1. The summed E-state index contributed by atoms with van der Waals surface area (Å²) in [5.41, 5.74) is 1.01. The highest BCUT2D eigenvalue weighted by Crippen LogP contribution is 2.18. The number of likely N-dealkylation sites (N-methyl/N-ethyl adjacent to an activating group) is 1. The number of nitrogens with zero attached hydrogens (tertiary/aromatic N) is 2. The third-order valence-corrected chi connectivity index (χ3v) is 2.90. The van der Waals surface area contributed by atoms with Gasteiger partial charge in [-0.2, -0.15) is 0 Å². The van der Waals surface area contributed by atoms with Crippen molar-refractivity contribution >= 4 is 0 Å². The molecule has 82 valence electrons. The highest BCUT2D eigenvalue weighted by Gasteiger charge is 2.27. The minimum absolute atomic E-state index is 0.358. The van der Waals surface area contributed by atoms with Crippen LogP contribution in [0, 0.1) is 5.92 Å². The predicted octanol–water partition coefficient (Wildman–Crippen LogP) is 1.55. The van der Waals surface area contributed by atoms with Crippen molar-refractivity contribution in [3.05, 3.63) is 30.1 Å². The molecule has 2 rings (SSSR count). The lowest BCUT2D eigenvalue weighted by Crippen LogP contribution is -2.21. The second kappa shape index (κ2) is 4.73. The molecule has 1 aromatic heterocycles. The number of likely N-dealkylation sites (tertiary alicyclic amines) is 1. The molecular weight excluding hydrogens is 188 g/mol. The first kappa shape index (κ1) is 10.6. The van der Waals surface area contributed by atoms with Gasteiger partial charge in [0.1, 0.15) is 0 Å². The topological polar surface area (TPSA) is 25.4 Å². The molecule has 1 aliphatic heterocycles. The number of hydrogen-bond donors (Lipinski definition) is 0. The summed E-state index contributed by atoms with van der Waals surface area (Å²) in [6.07, 6.45) is 2.17. The summed E-state index contributed by atoms with van der Waals surface area (Å²) in [4.78, 5) is 6.56. The summed E-state index contributed by atoms with van der Waals surface area (Å²) in [6.45, 7) is 5.04. The first-order valence-electron chi connectivity index (χ1n) is 5.46. The molecule has 1 fully saturated rings. The number of ether oxygens (including phenoxy) is 1. The van der Waals surface area contributed by atoms with Gasteiger partial charge < -0.3 is 9.64 Å². The second-order valence-corrected chi connectivity index (χ2v) is 4.37. The number of aromatic nitrogens is 1. The highest BCUT2D eigenvalue weighted by molar-refractivity contribution is 5.02. The van der Waals surface area contributed by atoms with E-state index in [9.17, 15) is 0 Å². The molecule has 0 spiro atoms. The van der Waals surface area contributed by atoms with Crippen LogP contribution in [-0.4, -0.2) is 36.1 Å². The van der Waals surface area contributed by atoms with Gasteiger partial charge in [0.25, 0.3) is 0 Å². The standard InChI is InChI=1S/C12H18N2O/c1-10-7-14(2)8-12(10)15-9-11-5-3-4-6-13-11/h3-6,10,12H,7-9H2,1-2H3/t10?,12-/m0/s1.